The molecule has 0 unspecified atom stereocenters. The Kier molecular flexibility index (Phi) is 8.61. The van der Waals surface area contributed by atoms with E-state index < -0.39 is 0 Å². The summed E-state index contributed by atoms with van der Waals surface area (Å²) in [6, 6.07) is 6.49. The third-order valence-corrected chi connectivity index (χ3v) is 4.56. The van der Waals surface area contributed by atoms with Crippen molar-refractivity contribution in [3.63, 3.8) is 0 Å². The number of urea groups is 1. The number of rotatable bonds is 6. The van der Waals surface area contributed by atoms with Crippen molar-refractivity contribution in [3.8, 4) is 0 Å². The van der Waals surface area contributed by atoms with Gasteiger partial charge in [-0.3, -0.25) is 4.90 Å². The maximum Gasteiger partial charge on any atom is 0.314 e. The highest BCUT2D eigenvalue weighted by Gasteiger charge is 2.18. The number of piperazine rings is 1. The van der Waals surface area contributed by atoms with Gasteiger partial charge in [0.2, 0.25) is 0 Å². The molecule has 1 aromatic carbocycles. The van der Waals surface area contributed by atoms with Crippen LogP contribution < -0.4 is 15.5 Å². The van der Waals surface area contributed by atoms with Crippen molar-refractivity contribution < 1.29 is 4.79 Å². The van der Waals surface area contributed by atoms with Crippen LogP contribution in [-0.2, 0) is 0 Å². The van der Waals surface area contributed by atoms with E-state index in [-0.39, 0.29) is 13.5 Å². The van der Waals surface area contributed by atoms with Gasteiger partial charge in [0.25, 0.3) is 0 Å². The Morgan fingerprint density at radius 3 is 2.50 bits per heavy atom. The van der Waals surface area contributed by atoms with Gasteiger partial charge in [-0.05, 0) is 50.9 Å². The van der Waals surface area contributed by atoms with Crippen LogP contribution in [0.3, 0.4) is 0 Å². The van der Waals surface area contributed by atoms with Crippen LogP contribution in [0.4, 0.5) is 10.5 Å². The second kappa shape index (κ2) is 10.2. The Morgan fingerprint density at radius 2 is 1.83 bits per heavy atom. The summed E-state index contributed by atoms with van der Waals surface area (Å²) in [5, 5.41) is 5.63. The van der Waals surface area contributed by atoms with E-state index in [2.05, 4.69) is 52.5 Å². The van der Waals surface area contributed by atoms with Crippen molar-refractivity contribution in [1.29, 1.82) is 0 Å². The predicted molar refractivity (Wildman–Crippen MR) is 103 cm³/mol. The van der Waals surface area contributed by atoms with Crippen LogP contribution in [0.2, 0.25) is 0 Å². The fraction of sp³-hybridized carbons (Fsp3) is 0.632. The Labute approximate surface area is 147 Å². The third kappa shape index (κ3) is 5.71. The Hall–Kier alpha value is -1.75. The molecule has 5 heteroatoms. The minimum Gasteiger partial charge on any atom is -0.369 e. The highest BCUT2D eigenvalue weighted by Crippen LogP contribution is 2.23. The normalized spacial score (nSPS) is 14.9. The van der Waals surface area contributed by atoms with Crippen molar-refractivity contribution in [1.82, 2.24) is 15.5 Å². The van der Waals surface area contributed by atoms with Crippen LogP contribution in [0.25, 0.3) is 0 Å². The summed E-state index contributed by atoms with van der Waals surface area (Å²) in [6.45, 7) is 13.1. The summed E-state index contributed by atoms with van der Waals surface area (Å²) >= 11 is 0. The van der Waals surface area contributed by atoms with E-state index in [0.29, 0.717) is 6.54 Å². The largest absolute Gasteiger partial charge is 0.369 e. The van der Waals surface area contributed by atoms with Crippen LogP contribution in [-0.4, -0.2) is 56.7 Å². The topological polar surface area (TPSA) is 47.6 Å². The standard InChI is InChI=1S/C18H30N4O.CH4/c1-4-19-18(23)20-9-6-10-21-11-13-22(14-12-21)17-8-5-7-15(2)16(17)3;/h5,7-8H,4,6,9-14H2,1-3H3,(H2,19,20,23);1H4. The highest BCUT2D eigenvalue weighted by atomic mass is 16.2. The molecule has 1 aliphatic rings. The molecule has 0 bridgehead atoms. The molecule has 2 N–H and O–H groups in total. The van der Waals surface area contributed by atoms with Gasteiger partial charge in [0, 0.05) is 45.0 Å². The maximum atomic E-state index is 11.3. The van der Waals surface area contributed by atoms with E-state index >= 15 is 0 Å². The average molecular weight is 335 g/mol. The first-order valence-corrected chi connectivity index (χ1v) is 8.67. The van der Waals surface area contributed by atoms with E-state index in [1.54, 1.807) is 0 Å². The number of carbonyl (C=O) groups is 1. The number of carbonyl (C=O) groups excluding carboxylic acids is 1. The number of amides is 2. The summed E-state index contributed by atoms with van der Waals surface area (Å²) in [5.74, 6) is 0. The number of aryl methyl sites for hydroxylation is 1. The number of nitrogens with zero attached hydrogens (tertiary/aromatic N) is 2. The van der Waals surface area contributed by atoms with Crippen LogP contribution in [0.15, 0.2) is 18.2 Å². The van der Waals surface area contributed by atoms with E-state index in [4.69, 9.17) is 0 Å². The van der Waals surface area contributed by atoms with Gasteiger partial charge in [0.1, 0.15) is 0 Å². The number of nitrogens with one attached hydrogen (secondary N) is 2. The zero-order valence-corrected chi connectivity index (χ0v) is 14.7. The van der Waals surface area contributed by atoms with Crippen LogP contribution in [0.5, 0.6) is 0 Å². The van der Waals surface area contributed by atoms with Gasteiger partial charge in [-0.25, -0.2) is 4.79 Å². The molecule has 0 aliphatic carbocycles. The minimum atomic E-state index is -0.0627. The van der Waals surface area contributed by atoms with Gasteiger partial charge in [-0.1, -0.05) is 19.6 Å². The van der Waals surface area contributed by atoms with Crippen molar-refractivity contribution in [2.75, 3.05) is 50.7 Å². The molecule has 0 atom stereocenters. The van der Waals surface area contributed by atoms with Crippen molar-refractivity contribution in [2.45, 2.75) is 34.6 Å². The first-order valence-electron chi connectivity index (χ1n) is 8.67. The number of hydrogen-bond donors (Lipinski definition) is 2. The number of benzene rings is 1. The summed E-state index contributed by atoms with van der Waals surface area (Å²) in [7, 11) is 0. The van der Waals surface area contributed by atoms with Crippen molar-refractivity contribution in [3.05, 3.63) is 29.3 Å². The smallest absolute Gasteiger partial charge is 0.314 e. The molecule has 1 saturated heterocycles. The zero-order chi connectivity index (χ0) is 16.7. The van der Waals surface area contributed by atoms with Gasteiger partial charge in [0.05, 0.1) is 0 Å². The fourth-order valence-corrected chi connectivity index (χ4v) is 3.02. The molecule has 0 spiro atoms. The lowest BCUT2D eigenvalue weighted by Crippen LogP contribution is -2.47. The monoisotopic (exact) mass is 334 g/mol. The van der Waals surface area contributed by atoms with E-state index in [9.17, 15) is 4.79 Å². The highest BCUT2D eigenvalue weighted by molar-refractivity contribution is 5.73. The second-order valence-corrected chi connectivity index (χ2v) is 6.19. The van der Waals surface area contributed by atoms with Crippen molar-refractivity contribution in [2.24, 2.45) is 0 Å². The average Bonchev–Trinajstić information content (AvgIpc) is 2.55. The van der Waals surface area contributed by atoms with Gasteiger partial charge in [0.15, 0.2) is 0 Å². The molecule has 0 radical (unpaired) electrons. The fourth-order valence-electron chi connectivity index (χ4n) is 3.02. The van der Waals surface area contributed by atoms with Crippen LogP contribution in [0.1, 0.15) is 31.9 Å². The van der Waals surface area contributed by atoms with E-state index in [1.807, 2.05) is 6.92 Å². The molecule has 1 aliphatic heterocycles. The minimum absolute atomic E-state index is 0. The molecule has 5 nitrogen and oxygen atoms in total. The molecule has 1 heterocycles. The summed E-state index contributed by atoms with van der Waals surface area (Å²) in [6.07, 6.45) is 1.00. The molecule has 136 valence electrons. The summed E-state index contributed by atoms with van der Waals surface area (Å²) in [4.78, 5) is 16.3. The zero-order valence-electron chi connectivity index (χ0n) is 14.7. The SMILES string of the molecule is C.CCNC(=O)NCCCN1CCN(c2cccc(C)c2C)CC1. The quantitative estimate of drug-likeness (QED) is 0.787. The van der Waals surface area contributed by atoms with Gasteiger partial charge >= 0.3 is 6.03 Å². The van der Waals surface area contributed by atoms with E-state index in [1.165, 1.54) is 16.8 Å². The van der Waals surface area contributed by atoms with E-state index in [0.717, 1.165) is 45.7 Å². The van der Waals surface area contributed by atoms with Crippen LogP contribution in [0, 0.1) is 13.8 Å². The molecule has 0 saturated carbocycles. The molecule has 1 aromatic rings. The maximum absolute atomic E-state index is 11.3. The van der Waals surface area contributed by atoms with Gasteiger partial charge in [-0.15, -0.1) is 0 Å². The summed E-state index contributed by atoms with van der Waals surface area (Å²) in [5.41, 5.74) is 4.14. The molecule has 2 rings (SSSR count). The number of hydrogen-bond acceptors (Lipinski definition) is 3. The lowest BCUT2D eigenvalue weighted by molar-refractivity contribution is 0.236. The molecular formula is C19H34N4O. The van der Waals surface area contributed by atoms with Gasteiger partial charge in [-0.2, -0.15) is 0 Å². The Bertz CT molecular complexity index is 510. The van der Waals surface area contributed by atoms with Gasteiger partial charge < -0.3 is 15.5 Å². The third-order valence-electron chi connectivity index (χ3n) is 4.56. The lowest BCUT2D eigenvalue weighted by atomic mass is 10.1. The molecule has 24 heavy (non-hydrogen) atoms. The van der Waals surface area contributed by atoms with Crippen LogP contribution >= 0.6 is 0 Å². The second-order valence-electron chi connectivity index (χ2n) is 6.19. The van der Waals surface area contributed by atoms with Crippen molar-refractivity contribution >= 4 is 11.7 Å². The predicted octanol–water partition coefficient (Wildman–Crippen LogP) is 2.77. The molecular weight excluding hydrogens is 300 g/mol. The lowest BCUT2D eigenvalue weighted by Gasteiger charge is -2.37. The molecule has 2 amide bonds. The Balaban J connectivity index is 0.00000288. The molecule has 0 aromatic heterocycles. The first-order chi connectivity index (χ1) is 11.1. The number of anilines is 1. The Morgan fingerprint density at radius 1 is 1.12 bits per heavy atom. The first kappa shape index (κ1) is 20.3. The molecule has 1 fully saturated rings. The summed E-state index contributed by atoms with van der Waals surface area (Å²) < 4.78 is 0.